The third-order valence-corrected chi connectivity index (χ3v) is 5.58. The lowest BCUT2D eigenvalue weighted by Gasteiger charge is -2.32. The molecule has 0 bridgehead atoms. The minimum Gasteiger partial charge on any atom is -0.486 e. The Morgan fingerprint density at radius 2 is 2.09 bits per heavy atom. The molecule has 11 nitrogen and oxygen atoms in total. The number of rotatable bonds is 6. The van der Waals surface area contributed by atoms with Gasteiger partial charge in [0.05, 0.1) is 18.3 Å². The van der Waals surface area contributed by atoms with Crippen LogP contribution in [0.25, 0.3) is 11.4 Å². The molecule has 1 aliphatic rings. The molecule has 2 aromatic heterocycles. The van der Waals surface area contributed by atoms with Crippen LogP contribution in [0.2, 0.25) is 0 Å². The molecule has 178 valence electrons. The standard InChI is InChI=1S/C22H25FN8O3/c1-14(2)34-22(32)30-8-6-17(7-9-30)31-19(11-24)16(12-25-31)13-33-20-5-4-15(10-18(20)23)21-26-27-28-29(21)3/h4-5,10,12,14,17H,6-9,13H2,1-3H3. The van der Waals surface area contributed by atoms with E-state index in [9.17, 15) is 14.4 Å². The molecule has 0 spiro atoms. The Labute approximate surface area is 195 Å². The van der Waals surface area contributed by atoms with Crippen LogP contribution in [0.5, 0.6) is 5.75 Å². The number of ether oxygens (including phenoxy) is 2. The fourth-order valence-electron chi connectivity index (χ4n) is 3.86. The molecule has 1 aromatic carbocycles. The Hall–Kier alpha value is -4.01. The van der Waals surface area contributed by atoms with Crippen molar-refractivity contribution in [1.82, 2.24) is 34.9 Å². The topological polar surface area (TPSA) is 124 Å². The first-order valence-corrected chi connectivity index (χ1v) is 10.9. The molecule has 0 N–H and O–H groups in total. The number of hydrogen-bond acceptors (Lipinski definition) is 8. The minimum absolute atomic E-state index is 0.00969. The van der Waals surface area contributed by atoms with Gasteiger partial charge in [0, 0.05) is 31.3 Å². The second-order valence-electron chi connectivity index (χ2n) is 8.29. The highest BCUT2D eigenvalue weighted by atomic mass is 19.1. The highest BCUT2D eigenvalue weighted by Crippen LogP contribution is 2.27. The number of benzene rings is 1. The summed E-state index contributed by atoms with van der Waals surface area (Å²) in [6.07, 6.45) is 2.37. The third-order valence-electron chi connectivity index (χ3n) is 5.58. The maximum absolute atomic E-state index is 14.6. The Bertz CT molecular complexity index is 1210. The minimum atomic E-state index is -0.563. The number of aromatic nitrogens is 6. The molecule has 3 heterocycles. The maximum Gasteiger partial charge on any atom is 0.410 e. The summed E-state index contributed by atoms with van der Waals surface area (Å²) in [5, 5.41) is 25.3. The first-order chi connectivity index (χ1) is 16.4. The van der Waals surface area contributed by atoms with Crippen LogP contribution in [0.15, 0.2) is 24.4 Å². The number of tetrazole rings is 1. The SMILES string of the molecule is CC(C)OC(=O)N1CCC(n2ncc(COc3ccc(-c4nnnn4C)cc3F)c2C#N)CC1. The van der Waals surface area contributed by atoms with Crippen LogP contribution >= 0.6 is 0 Å². The van der Waals surface area contributed by atoms with Gasteiger partial charge in [0.15, 0.2) is 17.4 Å². The molecule has 1 saturated heterocycles. The average molecular weight is 468 g/mol. The Kier molecular flexibility index (Phi) is 6.72. The summed E-state index contributed by atoms with van der Waals surface area (Å²) in [4.78, 5) is 13.8. The summed E-state index contributed by atoms with van der Waals surface area (Å²) < 4.78 is 28.6. The van der Waals surface area contributed by atoms with Gasteiger partial charge < -0.3 is 14.4 Å². The van der Waals surface area contributed by atoms with E-state index in [2.05, 4.69) is 26.7 Å². The van der Waals surface area contributed by atoms with Crippen molar-refractivity contribution in [2.24, 2.45) is 7.05 Å². The van der Waals surface area contributed by atoms with Crippen LogP contribution in [0.4, 0.5) is 9.18 Å². The van der Waals surface area contributed by atoms with Crippen molar-refractivity contribution in [2.45, 2.75) is 45.4 Å². The summed E-state index contributed by atoms with van der Waals surface area (Å²) in [5.74, 6) is -0.0819. The quantitative estimate of drug-likeness (QED) is 0.541. The van der Waals surface area contributed by atoms with Crippen molar-refractivity contribution in [3.05, 3.63) is 41.5 Å². The number of amides is 1. The van der Waals surface area contributed by atoms with Crippen LogP contribution in [-0.2, 0) is 18.4 Å². The molecule has 3 aromatic rings. The fourth-order valence-corrected chi connectivity index (χ4v) is 3.86. The monoisotopic (exact) mass is 468 g/mol. The van der Waals surface area contributed by atoms with Crippen molar-refractivity contribution in [3.63, 3.8) is 0 Å². The van der Waals surface area contributed by atoms with Gasteiger partial charge in [-0.3, -0.25) is 4.68 Å². The zero-order valence-electron chi connectivity index (χ0n) is 19.2. The van der Waals surface area contributed by atoms with Crippen molar-refractivity contribution in [1.29, 1.82) is 5.26 Å². The number of aryl methyl sites for hydroxylation is 1. The fraction of sp³-hybridized carbons (Fsp3) is 0.455. The summed E-state index contributed by atoms with van der Waals surface area (Å²) in [6.45, 7) is 4.65. The predicted octanol–water partition coefficient (Wildman–Crippen LogP) is 2.85. The van der Waals surface area contributed by atoms with Gasteiger partial charge in [0.25, 0.3) is 0 Å². The number of nitriles is 1. The van der Waals surface area contributed by atoms with Gasteiger partial charge in [-0.2, -0.15) is 10.4 Å². The first kappa shape index (κ1) is 23.2. The van der Waals surface area contributed by atoms with Crippen molar-refractivity contribution in [2.75, 3.05) is 13.1 Å². The molecule has 0 radical (unpaired) electrons. The summed E-state index contributed by atoms with van der Waals surface area (Å²) in [6, 6.07) is 6.62. The lowest BCUT2D eigenvalue weighted by atomic mass is 10.1. The number of piperidine rings is 1. The van der Waals surface area contributed by atoms with Gasteiger partial charge in [0.2, 0.25) is 0 Å². The van der Waals surface area contributed by atoms with E-state index in [0.29, 0.717) is 48.6 Å². The van der Waals surface area contributed by atoms with Gasteiger partial charge in [-0.25, -0.2) is 13.9 Å². The van der Waals surface area contributed by atoms with Crippen LogP contribution in [0.3, 0.4) is 0 Å². The Morgan fingerprint density at radius 3 is 2.71 bits per heavy atom. The average Bonchev–Trinajstić information content (AvgIpc) is 3.43. The zero-order chi connectivity index (χ0) is 24.2. The molecular formula is C22H25FN8O3. The van der Waals surface area contributed by atoms with E-state index in [1.54, 1.807) is 28.9 Å². The highest BCUT2D eigenvalue weighted by Gasteiger charge is 2.28. The number of carbonyl (C=O) groups is 1. The number of likely N-dealkylation sites (tertiary alicyclic amines) is 1. The Balaban J connectivity index is 1.40. The third kappa shape index (κ3) is 4.83. The molecule has 0 unspecified atom stereocenters. The molecule has 0 saturated carbocycles. The van der Waals surface area contributed by atoms with Crippen LogP contribution < -0.4 is 4.74 Å². The molecule has 4 rings (SSSR count). The smallest absolute Gasteiger partial charge is 0.410 e. The van der Waals surface area contributed by atoms with Crippen LogP contribution in [-0.4, -0.2) is 60.2 Å². The lowest BCUT2D eigenvalue weighted by molar-refractivity contribution is 0.0652. The lowest BCUT2D eigenvalue weighted by Crippen LogP contribution is -2.40. The van der Waals surface area contributed by atoms with Crippen molar-refractivity contribution < 1.29 is 18.7 Å². The predicted molar refractivity (Wildman–Crippen MR) is 117 cm³/mol. The molecule has 34 heavy (non-hydrogen) atoms. The first-order valence-electron chi connectivity index (χ1n) is 10.9. The molecule has 1 aliphatic heterocycles. The molecule has 1 amide bonds. The van der Waals surface area contributed by atoms with E-state index in [1.807, 2.05) is 13.8 Å². The maximum atomic E-state index is 14.6. The van der Waals surface area contributed by atoms with Gasteiger partial charge in [-0.15, -0.1) is 5.10 Å². The van der Waals surface area contributed by atoms with E-state index in [-0.39, 0.29) is 30.6 Å². The molecule has 0 aliphatic carbocycles. The second kappa shape index (κ2) is 9.86. The van der Waals surface area contributed by atoms with E-state index in [1.165, 1.54) is 16.8 Å². The van der Waals surface area contributed by atoms with E-state index in [4.69, 9.17) is 9.47 Å². The summed E-state index contributed by atoms with van der Waals surface area (Å²) >= 11 is 0. The van der Waals surface area contributed by atoms with Crippen molar-refractivity contribution in [3.8, 4) is 23.2 Å². The van der Waals surface area contributed by atoms with E-state index in [0.717, 1.165) is 0 Å². The Morgan fingerprint density at radius 1 is 1.32 bits per heavy atom. The summed E-state index contributed by atoms with van der Waals surface area (Å²) in [5.41, 5.74) is 1.45. The van der Waals surface area contributed by atoms with Gasteiger partial charge in [0.1, 0.15) is 18.4 Å². The normalized spacial score (nSPS) is 14.3. The number of carbonyl (C=O) groups excluding carboxylic acids is 1. The van der Waals surface area contributed by atoms with Gasteiger partial charge in [-0.1, -0.05) is 0 Å². The number of halogens is 1. The van der Waals surface area contributed by atoms with Gasteiger partial charge in [-0.05, 0) is 55.3 Å². The molecular weight excluding hydrogens is 443 g/mol. The summed E-state index contributed by atoms with van der Waals surface area (Å²) in [7, 11) is 1.67. The largest absolute Gasteiger partial charge is 0.486 e. The molecule has 1 fully saturated rings. The number of hydrogen-bond donors (Lipinski definition) is 0. The second-order valence-corrected chi connectivity index (χ2v) is 8.29. The zero-order valence-corrected chi connectivity index (χ0v) is 19.2. The van der Waals surface area contributed by atoms with Crippen LogP contribution in [0, 0.1) is 17.1 Å². The highest BCUT2D eigenvalue weighted by molar-refractivity contribution is 5.67. The van der Waals surface area contributed by atoms with Gasteiger partial charge >= 0.3 is 6.09 Å². The molecule has 0 atom stereocenters. The van der Waals surface area contributed by atoms with Crippen LogP contribution in [0.1, 0.15) is 44.0 Å². The van der Waals surface area contributed by atoms with Crippen molar-refractivity contribution >= 4 is 6.09 Å². The van der Waals surface area contributed by atoms with E-state index >= 15 is 0 Å². The van der Waals surface area contributed by atoms with E-state index < -0.39 is 5.82 Å². The molecule has 12 heteroatoms. The number of nitrogens with zero attached hydrogens (tertiary/aromatic N) is 8.